The van der Waals surface area contributed by atoms with Gasteiger partial charge in [0.1, 0.15) is 11.5 Å². The van der Waals surface area contributed by atoms with E-state index >= 15 is 0 Å². The minimum absolute atomic E-state index is 0.107. The number of nitrogens with one attached hydrogen (secondary N) is 1. The van der Waals surface area contributed by atoms with Crippen molar-refractivity contribution in [2.75, 3.05) is 12.0 Å². The number of para-hydroxylation sites is 1. The molecule has 0 saturated carbocycles. The number of ketones is 1. The zero-order valence-electron chi connectivity index (χ0n) is 11.2. The van der Waals surface area contributed by atoms with Gasteiger partial charge in [0.2, 0.25) is 5.78 Å². The second-order valence-corrected chi connectivity index (χ2v) is 5.04. The van der Waals surface area contributed by atoms with Gasteiger partial charge in [0.25, 0.3) is 0 Å². The van der Waals surface area contributed by atoms with Gasteiger partial charge in [-0.1, -0.05) is 23.7 Å². The lowest BCUT2D eigenvalue weighted by molar-refractivity contribution is 0.106. The third-order valence-electron chi connectivity index (χ3n) is 3.15. The van der Waals surface area contributed by atoms with Crippen molar-refractivity contribution < 1.29 is 9.53 Å². The van der Waals surface area contributed by atoms with Gasteiger partial charge in [0, 0.05) is 11.4 Å². The highest BCUT2D eigenvalue weighted by atomic mass is 35.5. The Kier molecular flexibility index (Phi) is 3.88. The van der Waals surface area contributed by atoms with E-state index in [0.717, 1.165) is 5.69 Å². The van der Waals surface area contributed by atoms with Crippen LogP contribution in [0, 0.1) is 0 Å². The molecule has 2 aromatic rings. The van der Waals surface area contributed by atoms with Gasteiger partial charge in [-0.15, -0.1) is 0 Å². The monoisotopic (exact) mass is 300 g/mol. The van der Waals surface area contributed by atoms with E-state index in [1.54, 1.807) is 36.4 Å². The molecule has 4 nitrogen and oxygen atoms in total. The fourth-order valence-corrected chi connectivity index (χ4v) is 2.20. The van der Waals surface area contributed by atoms with Gasteiger partial charge in [-0.05, 0) is 36.4 Å². The summed E-state index contributed by atoms with van der Waals surface area (Å²) in [7, 11) is 0. The van der Waals surface area contributed by atoms with Crippen molar-refractivity contribution in [1.29, 1.82) is 0 Å². The molecule has 0 spiro atoms. The van der Waals surface area contributed by atoms with Gasteiger partial charge in [-0.2, -0.15) is 5.10 Å². The number of rotatable bonds is 2. The first-order chi connectivity index (χ1) is 10.2. The SMILES string of the molecule is O=C1/C(=N\Nc2ccc(Cl)cc2)CCOc2ccccc21. The van der Waals surface area contributed by atoms with Crippen LogP contribution in [-0.4, -0.2) is 18.1 Å². The summed E-state index contributed by atoms with van der Waals surface area (Å²) in [6.07, 6.45) is 0.466. The average molecular weight is 301 g/mol. The molecule has 3 rings (SSSR count). The van der Waals surface area contributed by atoms with Crippen LogP contribution in [0.1, 0.15) is 16.8 Å². The van der Waals surface area contributed by atoms with Crippen molar-refractivity contribution in [1.82, 2.24) is 0 Å². The number of hydrogen-bond acceptors (Lipinski definition) is 4. The van der Waals surface area contributed by atoms with Crippen LogP contribution in [0.15, 0.2) is 53.6 Å². The Morgan fingerprint density at radius 1 is 1.10 bits per heavy atom. The first-order valence-corrected chi connectivity index (χ1v) is 6.96. The molecule has 0 fully saturated rings. The summed E-state index contributed by atoms with van der Waals surface area (Å²) in [6, 6.07) is 14.3. The first-order valence-electron chi connectivity index (χ1n) is 6.59. The molecule has 2 aromatic carbocycles. The van der Waals surface area contributed by atoms with Gasteiger partial charge in [0.15, 0.2) is 0 Å². The largest absolute Gasteiger partial charge is 0.492 e. The number of nitrogens with zero attached hydrogens (tertiary/aromatic N) is 1. The Morgan fingerprint density at radius 2 is 1.86 bits per heavy atom. The lowest BCUT2D eigenvalue weighted by atomic mass is 10.1. The molecular weight excluding hydrogens is 288 g/mol. The first kappa shape index (κ1) is 13.6. The van der Waals surface area contributed by atoms with Crippen LogP contribution in [0.25, 0.3) is 0 Å². The van der Waals surface area contributed by atoms with E-state index < -0.39 is 0 Å². The Hall–Kier alpha value is -2.33. The van der Waals surface area contributed by atoms with Crippen LogP contribution in [-0.2, 0) is 0 Å². The molecule has 106 valence electrons. The fraction of sp³-hybridized carbons (Fsp3) is 0.125. The molecule has 1 heterocycles. The van der Waals surface area contributed by atoms with Crippen LogP contribution in [0.3, 0.4) is 0 Å². The second kappa shape index (κ2) is 5.97. The Bertz CT molecular complexity index is 696. The molecule has 5 heteroatoms. The highest BCUT2D eigenvalue weighted by molar-refractivity contribution is 6.46. The summed E-state index contributed by atoms with van der Waals surface area (Å²) in [5.41, 5.74) is 4.66. The van der Waals surface area contributed by atoms with Crippen LogP contribution in [0.2, 0.25) is 5.02 Å². The molecule has 0 radical (unpaired) electrons. The number of carbonyl (C=O) groups is 1. The Morgan fingerprint density at radius 3 is 2.67 bits per heavy atom. The van der Waals surface area contributed by atoms with Gasteiger partial charge in [-0.3, -0.25) is 10.2 Å². The molecule has 0 aliphatic carbocycles. The van der Waals surface area contributed by atoms with Gasteiger partial charge in [-0.25, -0.2) is 0 Å². The number of hydrogen-bond donors (Lipinski definition) is 1. The molecule has 0 saturated heterocycles. The van der Waals surface area contributed by atoms with Crippen molar-refractivity contribution in [2.45, 2.75) is 6.42 Å². The van der Waals surface area contributed by atoms with E-state index in [4.69, 9.17) is 16.3 Å². The molecule has 1 aliphatic rings. The van der Waals surface area contributed by atoms with Crippen molar-refractivity contribution in [2.24, 2.45) is 5.10 Å². The normalized spacial score (nSPS) is 16.0. The summed E-state index contributed by atoms with van der Waals surface area (Å²) in [5.74, 6) is 0.503. The zero-order chi connectivity index (χ0) is 14.7. The topological polar surface area (TPSA) is 50.7 Å². The molecule has 0 bridgehead atoms. The predicted octanol–water partition coefficient (Wildman–Crippen LogP) is 3.77. The number of anilines is 1. The lowest BCUT2D eigenvalue weighted by Crippen LogP contribution is -2.15. The predicted molar refractivity (Wildman–Crippen MR) is 83.4 cm³/mol. The van der Waals surface area contributed by atoms with E-state index in [-0.39, 0.29) is 5.78 Å². The summed E-state index contributed by atoms with van der Waals surface area (Å²) >= 11 is 5.83. The van der Waals surface area contributed by atoms with Gasteiger partial charge >= 0.3 is 0 Å². The highest BCUT2D eigenvalue weighted by Crippen LogP contribution is 2.23. The Labute approximate surface area is 127 Å². The third-order valence-corrected chi connectivity index (χ3v) is 3.41. The minimum Gasteiger partial charge on any atom is -0.492 e. The quantitative estimate of drug-likeness (QED) is 0.859. The van der Waals surface area contributed by atoms with E-state index in [0.29, 0.717) is 35.1 Å². The van der Waals surface area contributed by atoms with Gasteiger partial charge in [0.05, 0.1) is 17.9 Å². The summed E-state index contributed by atoms with van der Waals surface area (Å²) in [4.78, 5) is 12.4. The standard InChI is InChI=1S/C16H13ClN2O2/c17-11-5-7-12(8-6-11)18-19-14-9-10-21-15-4-2-1-3-13(15)16(14)20/h1-8,18H,9-10H2/b19-14-. The molecule has 0 unspecified atom stereocenters. The smallest absolute Gasteiger partial charge is 0.212 e. The lowest BCUT2D eigenvalue weighted by Gasteiger charge is -2.04. The molecule has 0 atom stereocenters. The molecular formula is C16H13ClN2O2. The second-order valence-electron chi connectivity index (χ2n) is 4.60. The van der Waals surface area contributed by atoms with Crippen LogP contribution in [0.5, 0.6) is 5.75 Å². The number of carbonyl (C=O) groups excluding carboxylic acids is 1. The Balaban J connectivity index is 1.83. The van der Waals surface area contributed by atoms with Crippen LogP contribution < -0.4 is 10.2 Å². The van der Waals surface area contributed by atoms with Crippen molar-refractivity contribution >= 4 is 28.8 Å². The third kappa shape index (κ3) is 3.06. The van der Waals surface area contributed by atoms with Crippen LogP contribution >= 0.6 is 11.6 Å². The number of benzene rings is 2. The number of hydrazone groups is 1. The molecule has 1 aliphatic heterocycles. The summed E-state index contributed by atoms with van der Waals surface area (Å²) in [5, 5.41) is 4.87. The maximum absolute atomic E-state index is 12.4. The molecule has 0 amide bonds. The van der Waals surface area contributed by atoms with Crippen LogP contribution in [0.4, 0.5) is 5.69 Å². The maximum atomic E-state index is 12.4. The van der Waals surface area contributed by atoms with E-state index in [1.165, 1.54) is 0 Å². The fourth-order valence-electron chi connectivity index (χ4n) is 2.07. The molecule has 0 aromatic heterocycles. The zero-order valence-corrected chi connectivity index (χ0v) is 11.9. The van der Waals surface area contributed by atoms with Crippen molar-refractivity contribution in [3.63, 3.8) is 0 Å². The van der Waals surface area contributed by atoms with Crippen molar-refractivity contribution in [3.05, 3.63) is 59.1 Å². The summed E-state index contributed by atoms with van der Waals surface area (Å²) < 4.78 is 5.57. The van der Waals surface area contributed by atoms with E-state index in [2.05, 4.69) is 10.5 Å². The molecule has 21 heavy (non-hydrogen) atoms. The van der Waals surface area contributed by atoms with E-state index in [9.17, 15) is 4.79 Å². The maximum Gasteiger partial charge on any atom is 0.212 e. The number of halogens is 1. The number of Topliss-reactive ketones (excluding diaryl/α,β-unsaturated/α-hetero) is 1. The minimum atomic E-state index is -0.107. The summed E-state index contributed by atoms with van der Waals surface area (Å²) in [6.45, 7) is 0.434. The van der Waals surface area contributed by atoms with E-state index in [1.807, 2.05) is 12.1 Å². The number of fused-ring (bicyclic) bond motifs is 1. The number of ether oxygens (including phenoxy) is 1. The van der Waals surface area contributed by atoms with Gasteiger partial charge < -0.3 is 4.74 Å². The van der Waals surface area contributed by atoms with Crippen molar-refractivity contribution in [3.8, 4) is 5.75 Å². The average Bonchev–Trinajstić information content (AvgIpc) is 2.67. The molecule has 1 N–H and O–H groups in total. The highest BCUT2D eigenvalue weighted by Gasteiger charge is 2.22.